The highest BCUT2D eigenvalue weighted by atomic mass is 16.3. The normalized spacial score (nSPS) is 13.8. The Bertz CT molecular complexity index is 1080. The second kappa shape index (κ2) is 47.7. The molecule has 0 aliphatic heterocycles. The number of hydrogen-bond donors (Lipinski definition) is 3. The van der Waals surface area contributed by atoms with Crippen molar-refractivity contribution in [3.8, 4) is 0 Å². The Balaban J connectivity index is 3.69. The molecule has 0 aromatic heterocycles. The average molecular weight is 790 g/mol. The first-order valence-corrected chi connectivity index (χ1v) is 24.0. The van der Waals surface area contributed by atoms with E-state index in [4.69, 9.17) is 0 Å². The summed E-state index contributed by atoms with van der Waals surface area (Å²) in [5.74, 6) is -0.101. The summed E-state index contributed by atoms with van der Waals surface area (Å²) < 4.78 is 0. The third-order valence-electron chi connectivity index (χ3n) is 10.3. The van der Waals surface area contributed by atoms with Crippen LogP contribution in [0.4, 0.5) is 0 Å². The van der Waals surface area contributed by atoms with Gasteiger partial charge < -0.3 is 15.5 Å². The number of hydrogen-bond acceptors (Lipinski definition) is 3. The Morgan fingerprint density at radius 1 is 0.439 bits per heavy atom. The Kier molecular flexibility index (Phi) is 45.4. The van der Waals surface area contributed by atoms with Gasteiger partial charge in [-0.3, -0.25) is 4.79 Å². The zero-order valence-electron chi connectivity index (χ0n) is 37.3. The van der Waals surface area contributed by atoms with Crippen molar-refractivity contribution in [2.45, 2.75) is 225 Å². The number of allylic oxidation sites excluding steroid dienone is 15. The van der Waals surface area contributed by atoms with Gasteiger partial charge in [-0.15, -0.1) is 0 Å². The number of rotatable bonds is 42. The van der Waals surface area contributed by atoms with Gasteiger partial charge in [-0.1, -0.05) is 220 Å². The van der Waals surface area contributed by atoms with E-state index in [2.05, 4.69) is 104 Å². The Labute approximate surface area is 353 Å². The van der Waals surface area contributed by atoms with Crippen LogP contribution in [0.2, 0.25) is 0 Å². The van der Waals surface area contributed by atoms with Crippen LogP contribution in [0.25, 0.3) is 0 Å². The molecule has 0 fully saturated rings. The van der Waals surface area contributed by atoms with Crippen molar-refractivity contribution >= 4 is 5.91 Å². The predicted octanol–water partition coefficient (Wildman–Crippen LogP) is 15.4. The monoisotopic (exact) mass is 790 g/mol. The van der Waals surface area contributed by atoms with Crippen LogP contribution < -0.4 is 5.32 Å². The summed E-state index contributed by atoms with van der Waals surface area (Å²) in [7, 11) is 0. The first kappa shape index (κ1) is 54.3. The van der Waals surface area contributed by atoms with Crippen molar-refractivity contribution in [2.24, 2.45) is 0 Å². The molecule has 0 spiro atoms. The van der Waals surface area contributed by atoms with Gasteiger partial charge in [0.1, 0.15) is 0 Å². The molecule has 326 valence electrons. The fraction of sp³-hybridized carbons (Fsp3) is 0.679. The van der Waals surface area contributed by atoms with Gasteiger partial charge in [0.25, 0.3) is 0 Å². The van der Waals surface area contributed by atoms with Crippen molar-refractivity contribution in [1.82, 2.24) is 5.32 Å². The molecule has 2 atom stereocenters. The number of carbonyl (C=O) groups is 1. The maximum absolute atomic E-state index is 12.4. The molecule has 0 rings (SSSR count). The number of nitrogens with one attached hydrogen (secondary N) is 1. The van der Waals surface area contributed by atoms with E-state index in [0.717, 1.165) is 89.9 Å². The Morgan fingerprint density at radius 3 is 1.23 bits per heavy atom. The largest absolute Gasteiger partial charge is 0.394 e. The maximum Gasteiger partial charge on any atom is 0.220 e. The van der Waals surface area contributed by atoms with Gasteiger partial charge in [0.2, 0.25) is 5.91 Å². The van der Waals surface area contributed by atoms with E-state index in [1.165, 1.54) is 103 Å². The summed E-state index contributed by atoms with van der Waals surface area (Å²) in [5, 5.41) is 23.0. The van der Waals surface area contributed by atoms with Crippen molar-refractivity contribution in [2.75, 3.05) is 6.61 Å². The number of unbranched alkanes of at least 4 members (excludes halogenated alkanes) is 21. The quantitative estimate of drug-likeness (QED) is 0.0426. The molecular weight excluding hydrogens is 699 g/mol. The van der Waals surface area contributed by atoms with E-state index in [0.29, 0.717) is 6.42 Å². The van der Waals surface area contributed by atoms with Crippen molar-refractivity contribution in [1.29, 1.82) is 0 Å². The lowest BCUT2D eigenvalue weighted by molar-refractivity contribution is -0.123. The average Bonchev–Trinajstić information content (AvgIpc) is 3.22. The highest BCUT2D eigenvalue weighted by molar-refractivity contribution is 5.76. The van der Waals surface area contributed by atoms with E-state index >= 15 is 0 Å². The lowest BCUT2D eigenvalue weighted by Crippen LogP contribution is -2.45. The summed E-state index contributed by atoms with van der Waals surface area (Å²) in [6.45, 7) is 4.17. The van der Waals surface area contributed by atoms with Gasteiger partial charge in [-0.2, -0.15) is 0 Å². The third-order valence-corrected chi connectivity index (χ3v) is 10.3. The number of aliphatic hydroxyl groups excluding tert-OH is 2. The number of aliphatic hydroxyl groups is 2. The topological polar surface area (TPSA) is 69.6 Å². The predicted molar refractivity (Wildman–Crippen MR) is 253 cm³/mol. The molecule has 0 saturated carbocycles. The van der Waals surface area contributed by atoms with E-state index in [1.807, 2.05) is 6.08 Å². The lowest BCUT2D eigenvalue weighted by Gasteiger charge is -2.19. The molecule has 0 aromatic rings. The van der Waals surface area contributed by atoms with Crippen LogP contribution in [0.1, 0.15) is 213 Å². The van der Waals surface area contributed by atoms with E-state index < -0.39 is 12.1 Å². The van der Waals surface area contributed by atoms with Gasteiger partial charge in [-0.05, 0) is 83.5 Å². The van der Waals surface area contributed by atoms with Crippen molar-refractivity contribution in [3.63, 3.8) is 0 Å². The summed E-state index contributed by atoms with van der Waals surface area (Å²) in [6, 6.07) is -0.660. The zero-order chi connectivity index (χ0) is 41.4. The minimum Gasteiger partial charge on any atom is -0.394 e. The smallest absolute Gasteiger partial charge is 0.220 e. The number of amides is 1. The molecule has 4 nitrogen and oxygen atoms in total. The van der Waals surface area contributed by atoms with Crippen LogP contribution in [0, 0.1) is 0 Å². The maximum atomic E-state index is 12.4. The third kappa shape index (κ3) is 44.3. The minimum atomic E-state index is -0.880. The van der Waals surface area contributed by atoms with Crippen LogP contribution in [-0.2, 0) is 4.79 Å². The van der Waals surface area contributed by atoms with Gasteiger partial charge in [0.15, 0.2) is 0 Å². The van der Waals surface area contributed by atoms with E-state index in [9.17, 15) is 15.0 Å². The van der Waals surface area contributed by atoms with Crippen LogP contribution >= 0.6 is 0 Å². The summed E-state index contributed by atoms with van der Waals surface area (Å²) in [6.07, 6.45) is 71.0. The molecule has 3 N–H and O–H groups in total. The first-order chi connectivity index (χ1) is 28.2. The summed E-state index contributed by atoms with van der Waals surface area (Å²) in [5.41, 5.74) is 0. The van der Waals surface area contributed by atoms with Crippen LogP contribution in [0.5, 0.6) is 0 Å². The molecule has 0 saturated heterocycles. The van der Waals surface area contributed by atoms with Crippen molar-refractivity contribution < 1.29 is 15.0 Å². The number of carbonyl (C=O) groups excluding carboxylic acids is 1. The van der Waals surface area contributed by atoms with Crippen LogP contribution in [0.15, 0.2) is 97.2 Å². The first-order valence-electron chi connectivity index (χ1n) is 24.0. The highest BCUT2D eigenvalue weighted by Gasteiger charge is 2.17. The molecule has 57 heavy (non-hydrogen) atoms. The van der Waals surface area contributed by atoms with Crippen LogP contribution in [0.3, 0.4) is 0 Å². The van der Waals surface area contributed by atoms with E-state index in [-0.39, 0.29) is 12.5 Å². The summed E-state index contributed by atoms with van der Waals surface area (Å²) in [4.78, 5) is 12.4. The minimum absolute atomic E-state index is 0.101. The zero-order valence-corrected chi connectivity index (χ0v) is 37.3. The second-order valence-electron chi connectivity index (χ2n) is 15.8. The fourth-order valence-electron chi connectivity index (χ4n) is 6.67. The lowest BCUT2D eigenvalue weighted by atomic mass is 10.0. The Morgan fingerprint density at radius 2 is 0.789 bits per heavy atom. The van der Waals surface area contributed by atoms with Gasteiger partial charge in [-0.25, -0.2) is 0 Å². The van der Waals surface area contributed by atoms with Crippen LogP contribution in [-0.4, -0.2) is 34.9 Å². The SMILES string of the molecule is CC/C=C\C/C=C\C/C=C\C/C=C\C/C=C\C/C=C\CCCCCCC(=O)NC(CO)C(O)/C=C/CC/C=C/CCCCCCCCCCCCCCCCCC. The van der Waals surface area contributed by atoms with E-state index in [1.54, 1.807) is 6.08 Å². The molecule has 0 aromatic carbocycles. The molecule has 0 aliphatic rings. The molecule has 0 heterocycles. The summed E-state index contributed by atoms with van der Waals surface area (Å²) >= 11 is 0. The Hall–Kier alpha value is -2.69. The standard InChI is InChI=1S/C53H91NO3/c1-3-5-7-9-11-13-15-17-19-21-23-25-27-29-31-33-35-37-39-41-43-45-47-49-53(57)54-51(50-55)52(56)48-46-44-42-40-38-36-34-32-30-28-26-24-22-20-18-16-14-12-10-8-6-4-2/h5,7,11,13,17,19,23,25,29,31,35,37-38,40,46,48,51-52,55-56H,3-4,6,8-10,12,14-16,18,20-22,24,26-28,30,32-34,36,39,41-45,47,49-50H2,1-2H3,(H,54,57)/b7-5-,13-11-,19-17-,25-23-,31-29-,37-35-,40-38+,48-46+. The van der Waals surface area contributed by atoms with Crippen molar-refractivity contribution in [3.05, 3.63) is 97.2 Å². The molecule has 4 heteroatoms. The highest BCUT2D eigenvalue weighted by Crippen LogP contribution is 2.14. The van der Waals surface area contributed by atoms with Gasteiger partial charge >= 0.3 is 0 Å². The molecule has 1 amide bonds. The van der Waals surface area contributed by atoms with Gasteiger partial charge in [0.05, 0.1) is 18.8 Å². The molecule has 0 bridgehead atoms. The molecule has 0 radical (unpaired) electrons. The molecular formula is C53H91NO3. The second-order valence-corrected chi connectivity index (χ2v) is 15.8. The molecule has 0 aliphatic carbocycles. The fourth-order valence-corrected chi connectivity index (χ4v) is 6.67. The van der Waals surface area contributed by atoms with Gasteiger partial charge in [0, 0.05) is 6.42 Å². The molecule has 2 unspecified atom stereocenters.